The molecule has 0 aliphatic rings. The Bertz CT molecular complexity index is 1790. The molecule has 4 rings (SSSR count). The van der Waals surface area contributed by atoms with E-state index < -0.39 is 17.7 Å². The smallest absolute Gasteiger partial charge is 0.292 e. The largest absolute Gasteiger partial charge is 0.349 e. The molecule has 19 heteroatoms. The molecule has 0 aliphatic heterocycles. The number of aromatic nitrogens is 8. The average Bonchev–Trinajstić information content (AvgIpc) is 3.71. The van der Waals surface area contributed by atoms with Crippen LogP contribution in [0.2, 0.25) is 0 Å². The van der Waals surface area contributed by atoms with Gasteiger partial charge < -0.3 is 49.8 Å². The van der Waals surface area contributed by atoms with Gasteiger partial charge in [-0.25, -0.2) is 19.9 Å². The molecule has 19 nitrogen and oxygen atoms in total. The molecule has 0 unspecified atom stereocenters. The first kappa shape index (κ1) is 33.1. The van der Waals surface area contributed by atoms with Crippen LogP contribution in [0.1, 0.15) is 55.8 Å². The monoisotopic (exact) mass is 636 g/mol. The number of carbonyl (C=O) groups excluding carboxylic acids is 5. The van der Waals surface area contributed by atoms with Crippen LogP contribution in [0.5, 0.6) is 0 Å². The quantitative estimate of drug-likeness (QED) is 0.131. The van der Waals surface area contributed by atoms with E-state index in [0.717, 1.165) is 13.0 Å². The molecule has 4 aromatic heterocycles. The second kappa shape index (κ2) is 13.8. The fourth-order valence-corrected chi connectivity index (χ4v) is 4.32. The van der Waals surface area contributed by atoms with Crippen molar-refractivity contribution < 1.29 is 24.0 Å². The van der Waals surface area contributed by atoms with Crippen LogP contribution in [0.4, 0.5) is 23.3 Å². The Labute approximate surface area is 263 Å². The fourth-order valence-electron chi connectivity index (χ4n) is 4.32. The van der Waals surface area contributed by atoms with Crippen LogP contribution in [0.25, 0.3) is 0 Å². The molecule has 5 N–H and O–H groups in total. The molecular formula is C27H36N14O5. The van der Waals surface area contributed by atoms with Crippen molar-refractivity contribution >= 4 is 52.8 Å². The zero-order valence-electron chi connectivity index (χ0n) is 26.5. The second-order valence-electron chi connectivity index (χ2n) is 10.7. The highest BCUT2D eigenvalue weighted by molar-refractivity contribution is 6.05. The van der Waals surface area contributed by atoms with Gasteiger partial charge in [0.15, 0.2) is 23.3 Å². The summed E-state index contributed by atoms with van der Waals surface area (Å²) in [6.07, 6.45) is 6.64. The first-order valence-electron chi connectivity index (χ1n) is 14.0. The van der Waals surface area contributed by atoms with Crippen molar-refractivity contribution in [2.75, 3.05) is 48.5 Å². The maximum absolute atomic E-state index is 13.0. The summed E-state index contributed by atoms with van der Waals surface area (Å²) in [6, 6.07) is 0. The van der Waals surface area contributed by atoms with Crippen LogP contribution in [-0.2, 0) is 33.0 Å². The van der Waals surface area contributed by atoms with E-state index in [1.165, 1.54) is 50.0 Å². The molecule has 244 valence electrons. The molecule has 0 fully saturated rings. The van der Waals surface area contributed by atoms with Crippen LogP contribution >= 0.6 is 0 Å². The van der Waals surface area contributed by atoms with E-state index in [0.29, 0.717) is 6.54 Å². The maximum atomic E-state index is 13.0. The van der Waals surface area contributed by atoms with Gasteiger partial charge in [-0.2, -0.15) is 0 Å². The fraction of sp³-hybridized carbons (Fsp3) is 0.370. The van der Waals surface area contributed by atoms with E-state index in [4.69, 9.17) is 0 Å². The summed E-state index contributed by atoms with van der Waals surface area (Å²) in [5.41, 5.74) is 0. The highest BCUT2D eigenvalue weighted by atomic mass is 16.2. The van der Waals surface area contributed by atoms with E-state index in [1.54, 1.807) is 28.2 Å². The second-order valence-corrected chi connectivity index (χ2v) is 10.7. The van der Waals surface area contributed by atoms with Gasteiger partial charge in [0.2, 0.25) is 29.2 Å². The molecule has 0 radical (unpaired) electrons. The molecule has 0 spiro atoms. The van der Waals surface area contributed by atoms with Gasteiger partial charge in [-0.05, 0) is 27.1 Å². The van der Waals surface area contributed by atoms with E-state index >= 15 is 0 Å². The molecule has 0 bridgehead atoms. The normalized spacial score (nSPS) is 11.0. The molecule has 0 aliphatic carbocycles. The average molecular weight is 637 g/mol. The Morgan fingerprint density at radius 1 is 0.587 bits per heavy atom. The number of nitrogens with one attached hydrogen (secondary N) is 5. The summed E-state index contributed by atoms with van der Waals surface area (Å²) >= 11 is 0. The Morgan fingerprint density at radius 2 is 0.913 bits per heavy atom. The minimum atomic E-state index is -0.649. The van der Waals surface area contributed by atoms with Crippen molar-refractivity contribution in [1.29, 1.82) is 0 Å². The molecular weight excluding hydrogens is 600 g/mol. The van der Waals surface area contributed by atoms with Gasteiger partial charge in [0, 0.05) is 66.4 Å². The zero-order valence-corrected chi connectivity index (χ0v) is 26.5. The Kier molecular flexibility index (Phi) is 9.95. The lowest BCUT2D eigenvalue weighted by molar-refractivity contribution is -0.114. The van der Waals surface area contributed by atoms with Gasteiger partial charge in [0.05, 0.1) is 0 Å². The summed E-state index contributed by atoms with van der Waals surface area (Å²) in [5.74, 6) is -1.98. The molecule has 0 saturated carbocycles. The number of carbonyl (C=O) groups is 5. The van der Waals surface area contributed by atoms with Crippen molar-refractivity contribution in [2.45, 2.75) is 13.3 Å². The minimum Gasteiger partial charge on any atom is -0.349 e. The van der Waals surface area contributed by atoms with Gasteiger partial charge in [-0.1, -0.05) is 0 Å². The third-order valence-electron chi connectivity index (χ3n) is 6.41. The zero-order chi connectivity index (χ0) is 33.7. The standard InChI is InChI=1S/C27H36N14O5/c1-15(42)29-16-11-39(5)21(30-16)25(44)35-18-13-41(7)23(32-18)27(46)36-19-14-40(6)22(33-19)26(45)34-17-12-38(4)20(31-17)24(43)28-9-8-10-37(2)3/h11-14H,8-10H2,1-7H3,(H,28,43)(H,29,42)(H,34,45)(H,35,44)(H,36,46). The number of imidazole rings is 4. The van der Waals surface area contributed by atoms with E-state index in [-0.39, 0.29) is 58.4 Å². The van der Waals surface area contributed by atoms with Crippen LogP contribution in [0.15, 0.2) is 24.8 Å². The van der Waals surface area contributed by atoms with Gasteiger partial charge in [0.25, 0.3) is 23.6 Å². The third kappa shape index (κ3) is 8.00. The lowest BCUT2D eigenvalue weighted by Crippen LogP contribution is -2.29. The van der Waals surface area contributed by atoms with Crippen molar-refractivity contribution in [3.63, 3.8) is 0 Å². The van der Waals surface area contributed by atoms with Gasteiger partial charge >= 0.3 is 0 Å². The summed E-state index contributed by atoms with van der Waals surface area (Å²) in [6.45, 7) is 2.63. The van der Waals surface area contributed by atoms with Gasteiger partial charge in [-0.3, -0.25) is 24.0 Å². The van der Waals surface area contributed by atoms with Gasteiger partial charge in [0.1, 0.15) is 0 Å². The van der Waals surface area contributed by atoms with Crippen LogP contribution in [0, 0.1) is 0 Å². The number of nitrogens with zero attached hydrogens (tertiary/aromatic N) is 9. The first-order chi connectivity index (χ1) is 21.7. The van der Waals surface area contributed by atoms with Crippen molar-refractivity contribution in [3.05, 3.63) is 48.1 Å². The lowest BCUT2D eigenvalue weighted by atomic mass is 10.4. The SMILES string of the molecule is CC(=O)Nc1cn(C)c(C(=O)Nc2cn(C)c(C(=O)Nc3cn(C)c(C(=O)Nc4cn(C)c(C(=O)NCCCN(C)C)n4)n3)n2)n1. The summed E-state index contributed by atoms with van der Waals surface area (Å²) in [5, 5.41) is 13.1. The predicted octanol–water partition coefficient (Wildman–Crippen LogP) is 0.0174. The Balaban J connectivity index is 1.37. The van der Waals surface area contributed by atoms with Crippen LogP contribution in [0.3, 0.4) is 0 Å². The number of hydrogen-bond donors (Lipinski definition) is 5. The molecule has 0 atom stereocenters. The van der Waals surface area contributed by atoms with E-state index in [9.17, 15) is 24.0 Å². The lowest BCUT2D eigenvalue weighted by Gasteiger charge is -2.09. The highest BCUT2D eigenvalue weighted by Crippen LogP contribution is 2.15. The number of aryl methyl sites for hydroxylation is 4. The Hall–Kier alpha value is -5.85. The predicted molar refractivity (Wildman–Crippen MR) is 166 cm³/mol. The third-order valence-corrected chi connectivity index (χ3v) is 6.41. The van der Waals surface area contributed by atoms with Crippen molar-refractivity contribution in [2.24, 2.45) is 28.2 Å². The first-order valence-corrected chi connectivity index (χ1v) is 14.0. The molecule has 46 heavy (non-hydrogen) atoms. The number of rotatable bonds is 12. The summed E-state index contributed by atoms with van der Waals surface area (Å²) in [4.78, 5) is 81.3. The molecule has 0 aromatic carbocycles. The molecule has 4 heterocycles. The van der Waals surface area contributed by atoms with Gasteiger partial charge in [-0.15, -0.1) is 0 Å². The molecule has 0 saturated heterocycles. The van der Waals surface area contributed by atoms with Crippen LogP contribution in [-0.4, -0.2) is 99.8 Å². The van der Waals surface area contributed by atoms with Crippen molar-refractivity contribution in [1.82, 2.24) is 48.4 Å². The Morgan fingerprint density at radius 3 is 1.24 bits per heavy atom. The minimum absolute atomic E-state index is 0.0144. The topological polar surface area (TPSA) is 220 Å². The van der Waals surface area contributed by atoms with E-state index in [2.05, 4.69) is 46.5 Å². The van der Waals surface area contributed by atoms with Crippen LogP contribution < -0.4 is 26.6 Å². The number of amides is 5. The molecule has 5 amide bonds. The number of anilines is 4. The number of hydrogen-bond acceptors (Lipinski definition) is 10. The summed E-state index contributed by atoms with van der Waals surface area (Å²) in [7, 11) is 10.3. The van der Waals surface area contributed by atoms with E-state index in [1.807, 2.05) is 19.0 Å². The maximum Gasteiger partial charge on any atom is 0.292 e. The summed E-state index contributed by atoms with van der Waals surface area (Å²) < 4.78 is 5.76. The highest BCUT2D eigenvalue weighted by Gasteiger charge is 2.22. The molecule has 4 aromatic rings. The van der Waals surface area contributed by atoms with Crippen molar-refractivity contribution in [3.8, 4) is 0 Å².